The summed E-state index contributed by atoms with van der Waals surface area (Å²) < 4.78 is 0. The predicted octanol–water partition coefficient (Wildman–Crippen LogP) is 2.80. The summed E-state index contributed by atoms with van der Waals surface area (Å²) in [6.45, 7) is 7.33. The first-order valence-electron chi connectivity index (χ1n) is 11.2. The molecule has 0 saturated heterocycles. The Morgan fingerprint density at radius 3 is 2.59 bits per heavy atom. The number of aryl methyl sites for hydroxylation is 1. The van der Waals surface area contributed by atoms with Gasteiger partial charge in [0, 0.05) is 32.1 Å². The minimum atomic E-state index is -0.761. The molecule has 1 atom stereocenters. The van der Waals surface area contributed by atoms with Crippen molar-refractivity contribution in [2.24, 2.45) is 5.10 Å². The van der Waals surface area contributed by atoms with Gasteiger partial charge in [-0.05, 0) is 43.5 Å². The van der Waals surface area contributed by atoms with E-state index in [1.54, 1.807) is 20.9 Å². The van der Waals surface area contributed by atoms with Crippen LogP contribution in [0.2, 0.25) is 0 Å². The normalized spacial score (nSPS) is 15.6. The summed E-state index contributed by atoms with van der Waals surface area (Å²) in [7, 11) is 1.68. The summed E-state index contributed by atoms with van der Waals surface area (Å²) in [6.07, 6.45) is 1.65. The van der Waals surface area contributed by atoms with E-state index in [0.717, 1.165) is 16.8 Å². The van der Waals surface area contributed by atoms with E-state index < -0.39 is 11.9 Å². The van der Waals surface area contributed by atoms with Gasteiger partial charge in [-0.3, -0.25) is 15.0 Å². The number of nitrogens with zero attached hydrogens (tertiary/aromatic N) is 2. The van der Waals surface area contributed by atoms with Gasteiger partial charge in [-0.25, -0.2) is 0 Å². The molecule has 8 nitrogen and oxygen atoms in total. The SMILES string of the molecule is C=C(Cc1ccccc1)N/N=C(\C)C(=O)N[C@H]1CNc2ccc(CCC(C)=O)cc2N(C)C1=O. The summed E-state index contributed by atoms with van der Waals surface area (Å²) >= 11 is 0. The summed E-state index contributed by atoms with van der Waals surface area (Å²) in [5.41, 5.74) is 7.23. The lowest BCUT2D eigenvalue weighted by Crippen LogP contribution is -2.51. The van der Waals surface area contributed by atoms with Crippen LogP contribution >= 0.6 is 0 Å². The van der Waals surface area contributed by atoms with Crippen LogP contribution in [0.3, 0.4) is 0 Å². The van der Waals surface area contributed by atoms with E-state index >= 15 is 0 Å². The maximum Gasteiger partial charge on any atom is 0.267 e. The summed E-state index contributed by atoms with van der Waals surface area (Å²) in [5, 5.41) is 10.1. The second-order valence-corrected chi connectivity index (χ2v) is 8.43. The number of anilines is 2. The van der Waals surface area contributed by atoms with Crippen molar-refractivity contribution in [3.63, 3.8) is 0 Å². The van der Waals surface area contributed by atoms with Crippen molar-refractivity contribution in [2.75, 3.05) is 23.8 Å². The number of ketones is 1. The van der Waals surface area contributed by atoms with Crippen LogP contribution in [0.5, 0.6) is 0 Å². The Balaban J connectivity index is 1.61. The molecule has 1 heterocycles. The molecule has 3 N–H and O–H groups in total. The number of hydrogen-bond donors (Lipinski definition) is 3. The van der Waals surface area contributed by atoms with Crippen molar-refractivity contribution in [1.82, 2.24) is 10.7 Å². The number of benzene rings is 2. The predicted molar refractivity (Wildman–Crippen MR) is 135 cm³/mol. The number of rotatable bonds is 9. The molecular weight excluding hydrogens is 430 g/mol. The maximum atomic E-state index is 13.1. The molecule has 0 unspecified atom stereocenters. The molecule has 0 spiro atoms. The van der Waals surface area contributed by atoms with Crippen LogP contribution in [-0.2, 0) is 27.2 Å². The Morgan fingerprint density at radius 2 is 1.88 bits per heavy atom. The van der Waals surface area contributed by atoms with Crippen molar-refractivity contribution in [2.45, 2.75) is 39.2 Å². The zero-order chi connectivity index (χ0) is 24.7. The Hall–Kier alpha value is -3.94. The van der Waals surface area contributed by atoms with Gasteiger partial charge in [0.25, 0.3) is 11.8 Å². The van der Waals surface area contributed by atoms with Gasteiger partial charge in [-0.15, -0.1) is 0 Å². The minimum Gasteiger partial charge on any atom is -0.381 e. The largest absolute Gasteiger partial charge is 0.381 e. The molecule has 0 aliphatic carbocycles. The first-order chi connectivity index (χ1) is 16.2. The molecule has 1 aliphatic heterocycles. The van der Waals surface area contributed by atoms with Gasteiger partial charge in [-0.2, -0.15) is 5.10 Å². The highest BCUT2D eigenvalue weighted by Gasteiger charge is 2.29. The number of hydrogen-bond acceptors (Lipinski definition) is 6. The molecule has 0 radical (unpaired) electrons. The number of hydrazone groups is 1. The Morgan fingerprint density at radius 1 is 1.15 bits per heavy atom. The third-order valence-corrected chi connectivity index (χ3v) is 5.59. The van der Waals surface area contributed by atoms with E-state index in [9.17, 15) is 14.4 Å². The summed E-state index contributed by atoms with van der Waals surface area (Å²) in [5.74, 6) is -0.560. The fraction of sp³-hybridized carbons (Fsp3) is 0.308. The highest BCUT2D eigenvalue weighted by atomic mass is 16.2. The molecule has 1 aliphatic rings. The third-order valence-electron chi connectivity index (χ3n) is 5.59. The zero-order valence-corrected chi connectivity index (χ0v) is 19.9. The van der Waals surface area contributed by atoms with Gasteiger partial charge in [-0.1, -0.05) is 43.0 Å². The van der Waals surface area contributed by atoms with E-state index in [4.69, 9.17) is 0 Å². The van der Waals surface area contributed by atoms with Gasteiger partial charge in [0.15, 0.2) is 0 Å². The Bertz CT molecular complexity index is 1110. The van der Waals surface area contributed by atoms with E-state index in [-0.39, 0.29) is 23.9 Å². The lowest BCUT2D eigenvalue weighted by atomic mass is 10.1. The molecule has 178 valence electrons. The number of nitrogens with one attached hydrogen (secondary N) is 3. The molecule has 0 fully saturated rings. The van der Waals surface area contributed by atoms with Crippen LogP contribution in [0.4, 0.5) is 11.4 Å². The first-order valence-corrected chi connectivity index (χ1v) is 11.2. The summed E-state index contributed by atoms with van der Waals surface area (Å²) in [6, 6.07) is 14.8. The smallest absolute Gasteiger partial charge is 0.267 e. The van der Waals surface area contributed by atoms with Crippen molar-refractivity contribution in [3.8, 4) is 0 Å². The van der Waals surface area contributed by atoms with Crippen LogP contribution in [0, 0.1) is 0 Å². The fourth-order valence-corrected chi connectivity index (χ4v) is 3.60. The topological polar surface area (TPSA) is 103 Å². The van der Waals surface area contributed by atoms with Gasteiger partial charge in [0.05, 0.1) is 11.4 Å². The highest BCUT2D eigenvalue weighted by Crippen LogP contribution is 2.29. The molecule has 3 rings (SSSR count). The molecule has 0 bridgehead atoms. The van der Waals surface area contributed by atoms with Gasteiger partial charge < -0.3 is 20.3 Å². The molecule has 2 amide bonds. The van der Waals surface area contributed by atoms with Crippen LogP contribution in [-0.4, -0.2) is 42.9 Å². The second kappa shape index (κ2) is 11.3. The molecule has 8 heteroatoms. The summed E-state index contributed by atoms with van der Waals surface area (Å²) in [4.78, 5) is 38.6. The van der Waals surface area contributed by atoms with Crippen LogP contribution < -0.4 is 21.0 Å². The first kappa shape index (κ1) is 24.7. The number of carbonyl (C=O) groups excluding carboxylic acids is 3. The quantitative estimate of drug-likeness (QED) is 0.394. The van der Waals surface area contributed by atoms with Crippen LogP contribution in [0.1, 0.15) is 31.4 Å². The lowest BCUT2D eigenvalue weighted by molar-refractivity contribution is -0.124. The van der Waals surface area contributed by atoms with Crippen LogP contribution in [0.15, 0.2) is 65.9 Å². The Labute approximate surface area is 200 Å². The molecule has 2 aromatic carbocycles. The van der Waals surface area contributed by atoms with E-state index in [2.05, 4.69) is 27.7 Å². The van der Waals surface area contributed by atoms with Gasteiger partial charge in [0.2, 0.25) is 0 Å². The minimum absolute atomic E-state index is 0.121. The standard InChI is InChI=1S/C26H31N5O3/c1-17(14-20-8-6-5-7-9-20)29-30-19(3)25(33)28-23-16-27-22-13-12-21(11-10-18(2)32)15-24(22)31(4)26(23)34/h5-9,12-13,15,23,27,29H,1,10-11,14,16H2,2-4H3,(H,28,33)/b30-19+/t23-/m0/s1. The highest BCUT2D eigenvalue weighted by molar-refractivity contribution is 6.38. The molecule has 2 aromatic rings. The van der Waals surface area contributed by atoms with Crippen molar-refractivity contribution in [3.05, 3.63) is 71.9 Å². The second-order valence-electron chi connectivity index (χ2n) is 8.43. The number of Topliss-reactive ketones (excluding diaryl/α,β-unsaturated/α-hetero) is 1. The monoisotopic (exact) mass is 461 g/mol. The van der Waals surface area contributed by atoms with Crippen molar-refractivity contribution < 1.29 is 14.4 Å². The number of amides is 2. The molecular formula is C26H31N5O3. The van der Waals surface area contributed by atoms with E-state index in [1.807, 2.05) is 48.5 Å². The number of likely N-dealkylation sites (N-methyl/N-ethyl adjacent to an activating group) is 1. The number of carbonyl (C=O) groups is 3. The average Bonchev–Trinajstić information content (AvgIpc) is 2.93. The zero-order valence-electron chi connectivity index (χ0n) is 19.9. The van der Waals surface area contributed by atoms with Crippen LogP contribution in [0.25, 0.3) is 0 Å². The fourth-order valence-electron chi connectivity index (χ4n) is 3.60. The van der Waals surface area contributed by atoms with Crippen molar-refractivity contribution in [1.29, 1.82) is 0 Å². The van der Waals surface area contributed by atoms with Gasteiger partial charge >= 0.3 is 0 Å². The van der Waals surface area contributed by atoms with Crippen molar-refractivity contribution >= 4 is 34.7 Å². The van der Waals surface area contributed by atoms with Gasteiger partial charge in [0.1, 0.15) is 17.5 Å². The number of fused-ring (bicyclic) bond motifs is 1. The molecule has 34 heavy (non-hydrogen) atoms. The average molecular weight is 462 g/mol. The Kier molecular flexibility index (Phi) is 8.19. The maximum absolute atomic E-state index is 13.1. The molecule has 0 aromatic heterocycles. The lowest BCUT2D eigenvalue weighted by Gasteiger charge is -2.21. The molecule has 0 saturated carbocycles. The third kappa shape index (κ3) is 6.54. The number of allylic oxidation sites excluding steroid dienone is 1. The van der Waals surface area contributed by atoms with E-state index in [1.165, 1.54) is 4.90 Å². The van der Waals surface area contributed by atoms with E-state index in [0.29, 0.717) is 30.6 Å².